The highest BCUT2D eigenvalue weighted by molar-refractivity contribution is 5.98. The molecule has 0 amide bonds. The molecule has 3 heterocycles. The first-order chi connectivity index (χ1) is 19.2. The Morgan fingerprint density at radius 2 is 1.85 bits per heavy atom. The van der Waals surface area contributed by atoms with Crippen molar-refractivity contribution in [2.24, 2.45) is 10.9 Å². The molecule has 0 spiro atoms. The number of rotatable bonds is 11. The molecule has 1 aliphatic rings. The third-order valence-electron chi connectivity index (χ3n) is 6.80. The summed E-state index contributed by atoms with van der Waals surface area (Å²) >= 11 is 0. The van der Waals surface area contributed by atoms with Crippen LogP contribution in [0.5, 0.6) is 0 Å². The van der Waals surface area contributed by atoms with Gasteiger partial charge in [0.15, 0.2) is 5.78 Å². The molecular weight excluding hydrogens is 499 g/mol. The summed E-state index contributed by atoms with van der Waals surface area (Å²) in [7, 11) is 0. The number of aromatic nitrogens is 2. The minimum atomic E-state index is -0.322. The molecule has 2 unspecified atom stereocenters. The van der Waals surface area contributed by atoms with E-state index in [-0.39, 0.29) is 11.9 Å². The Kier molecular flexibility index (Phi) is 19.6. The monoisotopic (exact) mass is 556 g/mol. The fourth-order valence-corrected chi connectivity index (χ4v) is 4.52. The average Bonchev–Trinajstić information content (AvgIpc) is 3.62. The second kappa shape index (κ2) is 21.0. The van der Waals surface area contributed by atoms with Crippen LogP contribution in [0.25, 0.3) is 5.65 Å². The second-order valence-electron chi connectivity index (χ2n) is 9.92. The summed E-state index contributed by atoms with van der Waals surface area (Å²) in [6.45, 7) is 25.7. The number of unbranched alkanes of at least 4 members (excludes halogenated alkanes) is 1. The van der Waals surface area contributed by atoms with Gasteiger partial charge in [0.05, 0.1) is 23.6 Å². The van der Waals surface area contributed by atoms with E-state index in [1.54, 1.807) is 16.7 Å². The van der Waals surface area contributed by atoms with E-state index in [2.05, 4.69) is 42.2 Å². The first kappa shape index (κ1) is 37.2. The largest absolute Gasteiger partial charge is 0.362 e. The van der Waals surface area contributed by atoms with Crippen molar-refractivity contribution < 1.29 is 9.18 Å². The van der Waals surface area contributed by atoms with Crippen LogP contribution in [0.3, 0.4) is 0 Å². The zero-order chi connectivity index (χ0) is 30.7. The third-order valence-corrected chi connectivity index (χ3v) is 6.80. The maximum Gasteiger partial charge on any atom is 0.155 e. The predicted octanol–water partition coefficient (Wildman–Crippen LogP) is 9.81. The summed E-state index contributed by atoms with van der Waals surface area (Å²) in [5.74, 6) is 0.923. The fraction of sp³-hybridized carbons (Fsp3) is 0.618. The Bertz CT molecular complexity index is 1070. The topological polar surface area (TPSA) is 50.0 Å². The summed E-state index contributed by atoms with van der Waals surface area (Å²) < 4.78 is 15.3. The molecule has 1 fully saturated rings. The van der Waals surface area contributed by atoms with Crippen molar-refractivity contribution in [3.63, 3.8) is 0 Å². The molecule has 3 rings (SSSR count). The van der Waals surface area contributed by atoms with Gasteiger partial charge in [-0.15, -0.1) is 0 Å². The summed E-state index contributed by atoms with van der Waals surface area (Å²) in [6.07, 6.45) is 13.9. The maximum absolute atomic E-state index is 13.6. The molecule has 0 saturated carbocycles. The molecule has 0 radical (unpaired) electrons. The molecule has 5 nitrogen and oxygen atoms in total. The van der Waals surface area contributed by atoms with Crippen LogP contribution in [0.2, 0.25) is 0 Å². The Morgan fingerprint density at radius 3 is 2.45 bits per heavy atom. The number of halogens is 1. The highest BCUT2D eigenvalue weighted by Crippen LogP contribution is 2.25. The number of nitrogens with zero attached hydrogens (tertiary/aromatic N) is 4. The number of carbonyl (C=O) groups excluding carboxylic acids is 1. The number of fused-ring (bicyclic) bond motifs is 1. The molecule has 0 aliphatic carbocycles. The number of carbonyl (C=O) groups is 1. The van der Waals surface area contributed by atoms with Gasteiger partial charge in [0.25, 0.3) is 0 Å². The summed E-state index contributed by atoms with van der Waals surface area (Å²) in [5.41, 5.74) is 3.74. The number of likely N-dealkylation sites (tertiary alicyclic amines) is 1. The minimum Gasteiger partial charge on any atom is -0.362 e. The average molecular weight is 557 g/mol. The molecule has 0 bridgehead atoms. The van der Waals surface area contributed by atoms with Gasteiger partial charge in [-0.05, 0) is 57.2 Å². The van der Waals surface area contributed by atoms with E-state index in [4.69, 9.17) is 0 Å². The number of aliphatic imine (C=N–C) groups is 1. The van der Waals surface area contributed by atoms with Crippen molar-refractivity contribution in [2.75, 3.05) is 6.54 Å². The highest BCUT2D eigenvalue weighted by atomic mass is 19.1. The number of imidazole rings is 1. The van der Waals surface area contributed by atoms with E-state index in [1.165, 1.54) is 37.9 Å². The van der Waals surface area contributed by atoms with Crippen molar-refractivity contribution >= 4 is 17.1 Å². The zero-order valence-corrected chi connectivity index (χ0v) is 27.2. The minimum absolute atomic E-state index is 0.0664. The molecule has 1 aliphatic heterocycles. The molecule has 1 saturated heterocycles. The van der Waals surface area contributed by atoms with E-state index < -0.39 is 0 Å². The normalized spacial score (nSPS) is 15.8. The lowest BCUT2D eigenvalue weighted by atomic mass is 10.0. The summed E-state index contributed by atoms with van der Waals surface area (Å²) in [5, 5.41) is 0. The van der Waals surface area contributed by atoms with Crippen molar-refractivity contribution in [3.8, 4) is 0 Å². The standard InChI is InChI=1S/C22H27FN4O.C8H18.2C2H6/c1-5-7-21(28)19-8-6-11-26(19)16(3)12-15(2)25-17(4)20-13-24-22-10-9-18(23)14-27(20)22;1-4-6-7-8(3)5-2;2*1-2/h9-10,12-14,19H,3,5-8,11H2,1-2,4H3;8H,4-7H2,1-3H3;2*1-2H3/b15-12-,25-17?;;;. The van der Waals surface area contributed by atoms with E-state index in [0.717, 1.165) is 54.5 Å². The Balaban J connectivity index is 0.00000108. The molecule has 0 N–H and O–H groups in total. The van der Waals surface area contributed by atoms with Crippen molar-refractivity contribution in [1.82, 2.24) is 14.3 Å². The van der Waals surface area contributed by atoms with E-state index in [1.807, 2.05) is 54.5 Å². The van der Waals surface area contributed by atoms with Crippen molar-refractivity contribution in [3.05, 3.63) is 60.1 Å². The summed E-state index contributed by atoms with van der Waals surface area (Å²) in [4.78, 5) is 23.4. The molecular formula is C34H57FN4O. The van der Waals surface area contributed by atoms with Crippen LogP contribution in [0.4, 0.5) is 4.39 Å². The van der Waals surface area contributed by atoms with Crippen LogP contribution in [0.1, 0.15) is 126 Å². The smallest absolute Gasteiger partial charge is 0.155 e. The first-order valence-corrected chi connectivity index (χ1v) is 15.6. The maximum atomic E-state index is 13.6. The molecule has 6 heteroatoms. The van der Waals surface area contributed by atoms with E-state index >= 15 is 0 Å². The van der Waals surface area contributed by atoms with Crippen LogP contribution >= 0.6 is 0 Å². The Morgan fingerprint density at radius 1 is 1.18 bits per heavy atom. The number of hydrogen-bond donors (Lipinski definition) is 0. The number of pyridine rings is 1. The molecule has 40 heavy (non-hydrogen) atoms. The van der Waals surface area contributed by atoms with Gasteiger partial charge in [0.2, 0.25) is 0 Å². The molecule has 2 aromatic heterocycles. The van der Waals surface area contributed by atoms with Gasteiger partial charge < -0.3 is 4.90 Å². The lowest BCUT2D eigenvalue weighted by Crippen LogP contribution is -2.34. The number of hydrogen-bond acceptors (Lipinski definition) is 4. The van der Waals surface area contributed by atoms with Gasteiger partial charge in [0.1, 0.15) is 11.5 Å². The van der Waals surface area contributed by atoms with Gasteiger partial charge in [-0.25, -0.2) is 9.37 Å². The van der Waals surface area contributed by atoms with Crippen LogP contribution in [-0.2, 0) is 4.79 Å². The van der Waals surface area contributed by atoms with Crippen molar-refractivity contribution in [2.45, 2.75) is 127 Å². The van der Waals surface area contributed by atoms with Crippen LogP contribution < -0.4 is 0 Å². The van der Waals surface area contributed by atoms with E-state index in [0.29, 0.717) is 17.9 Å². The van der Waals surface area contributed by atoms with Gasteiger partial charge in [-0.1, -0.05) is 87.7 Å². The molecule has 2 atom stereocenters. The van der Waals surface area contributed by atoms with Gasteiger partial charge in [-0.3, -0.25) is 14.2 Å². The molecule has 0 aromatic carbocycles. The zero-order valence-electron chi connectivity index (χ0n) is 27.2. The number of ketones is 1. The lowest BCUT2D eigenvalue weighted by molar-refractivity contribution is -0.122. The van der Waals surface area contributed by atoms with Gasteiger partial charge in [-0.2, -0.15) is 0 Å². The third kappa shape index (κ3) is 12.2. The lowest BCUT2D eigenvalue weighted by Gasteiger charge is -2.26. The predicted molar refractivity (Wildman–Crippen MR) is 172 cm³/mol. The van der Waals surface area contributed by atoms with E-state index in [9.17, 15) is 9.18 Å². The van der Waals surface area contributed by atoms with Gasteiger partial charge in [0, 0.05) is 30.6 Å². The van der Waals surface area contributed by atoms with Crippen LogP contribution in [-0.4, -0.2) is 38.4 Å². The Labute approximate surface area is 244 Å². The molecule has 226 valence electrons. The van der Waals surface area contributed by atoms with Gasteiger partial charge >= 0.3 is 0 Å². The number of Topliss-reactive ketones (excluding diaryl/α,β-unsaturated/α-hetero) is 1. The van der Waals surface area contributed by atoms with Crippen LogP contribution in [0.15, 0.2) is 53.6 Å². The SMILES string of the molecule is C=C(/C=C(/C)N=C(C)c1cnc2ccc(F)cn12)N1CCCC1C(=O)CCC.CC.CC.CCCCC(C)CC. The number of allylic oxidation sites excluding steroid dienone is 2. The highest BCUT2D eigenvalue weighted by Gasteiger charge is 2.29. The first-order valence-electron chi connectivity index (χ1n) is 15.6. The molecule has 2 aromatic rings. The second-order valence-corrected chi connectivity index (χ2v) is 9.92. The Hall–Kier alpha value is -2.76. The quantitative estimate of drug-likeness (QED) is 0.204. The van der Waals surface area contributed by atoms with Crippen molar-refractivity contribution in [1.29, 1.82) is 0 Å². The van der Waals surface area contributed by atoms with Crippen LogP contribution in [0, 0.1) is 11.7 Å². The fourth-order valence-electron chi connectivity index (χ4n) is 4.52. The summed E-state index contributed by atoms with van der Waals surface area (Å²) in [6, 6.07) is 2.96.